The van der Waals surface area contributed by atoms with Crippen LogP contribution in [0.1, 0.15) is 36.0 Å². The average Bonchev–Trinajstić information content (AvgIpc) is 3.38. The Kier molecular flexibility index (Phi) is 6.05. The normalized spacial score (nSPS) is 14.6. The summed E-state index contributed by atoms with van der Waals surface area (Å²) in [5, 5.41) is 9.62. The van der Waals surface area contributed by atoms with E-state index in [0.717, 1.165) is 36.4 Å². The Balaban J connectivity index is 1.50. The minimum absolute atomic E-state index is 0.169. The second-order valence-electron chi connectivity index (χ2n) is 7.10. The number of thiophene rings is 1. The second-order valence-corrected chi connectivity index (χ2v) is 8.04. The third-order valence-electron chi connectivity index (χ3n) is 5.07. The van der Waals surface area contributed by atoms with Crippen LogP contribution in [-0.4, -0.2) is 46.1 Å². The number of hydrogen-bond acceptors (Lipinski definition) is 4. The smallest absolute Gasteiger partial charge is 0.255 e. The minimum Gasteiger partial charge on any atom is -0.350 e. The molecule has 7 heteroatoms. The first-order valence-electron chi connectivity index (χ1n) is 9.97. The Labute approximate surface area is 174 Å². The van der Waals surface area contributed by atoms with Gasteiger partial charge in [0.05, 0.1) is 16.1 Å². The zero-order valence-corrected chi connectivity index (χ0v) is 17.0. The Hall–Kier alpha value is -2.93. The summed E-state index contributed by atoms with van der Waals surface area (Å²) in [4.78, 5) is 27.9. The van der Waals surface area contributed by atoms with Crippen LogP contribution in [-0.2, 0) is 4.79 Å². The Morgan fingerprint density at radius 1 is 1.10 bits per heavy atom. The highest BCUT2D eigenvalue weighted by atomic mass is 32.1. The highest BCUT2D eigenvalue weighted by molar-refractivity contribution is 7.13. The summed E-state index contributed by atoms with van der Waals surface area (Å²) >= 11 is 1.56. The maximum atomic E-state index is 12.9. The van der Waals surface area contributed by atoms with Crippen molar-refractivity contribution in [3.8, 4) is 16.3 Å². The molecule has 0 spiro atoms. The molecule has 0 atom stereocenters. The van der Waals surface area contributed by atoms with E-state index in [1.165, 1.54) is 0 Å². The number of nitrogens with one attached hydrogen (secondary N) is 1. The van der Waals surface area contributed by atoms with E-state index in [9.17, 15) is 9.59 Å². The van der Waals surface area contributed by atoms with Crippen LogP contribution in [0.2, 0.25) is 0 Å². The molecule has 0 unspecified atom stereocenters. The monoisotopic (exact) mass is 408 g/mol. The fraction of sp³-hybridized carbons (Fsp3) is 0.318. The van der Waals surface area contributed by atoms with E-state index in [1.54, 1.807) is 22.2 Å². The average molecular weight is 409 g/mol. The van der Waals surface area contributed by atoms with E-state index < -0.39 is 0 Å². The first-order valence-corrected chi connectivity index (χ1v) is 10.9. The van der Waals surface area contributed by atoms with Gasteiger partial charge in [-0.3, -0.25) is 9.59 Å². The van der Waals surface area contributed by atoms with E-state index in [4.69, 9.17) is 0 Å². The second kappa shape index (κ2) is 9.05. The first-order chi connectivity index (χ1) is 14.2. The summed E-state index contributed by atoms with van der Waals surface area (Å²) in [5.41, 5.74) is 2.12. The lowest BCUT2D eigenvalue weighted by molar-refractivity contribution is -0.130. The van der Waals surface area contributed by atoms with Gasteiger partial charge in [-0.2, -0.15) is 5.10 Å². The number of carbonyl (C=O) groups excluding carboxylic acids is 2. The van der Waals surface area contributed by atoms with Gasteiger partial charge >= 0.3 is 0 Å². The van der Waals surface area contributed by atoms with Gasteiger partial charge in [-0.1, -0.05) is 30.7 Å². The predicted molar refractivity (Wildman–Crippen MR) is 114 cm³/mol. The Morgan fingerprint density at radius 2 is 1.97 bits per heavy atom. The quantitative estimate of drug-likeness (QED) is 0.676. The van der Waals surface area contributed by atoms with Crippen molar-refractivity contribution in [1.82, 2.24) is 20.0 Å². The van der Waals surface area contributed by atoms with Crippen LogP contribution in [0.3, 0.4) is 0 Å². The summed E-state index contributed by atoms with van der Waals surface area (Å²) < 4.78 is 1.74. The van der Waals surface area contributed by atoms with Gasteiger partial charge in [0.25, 0.3) is 5.91 Å². The zero-order valence-electron chi connectivity index (χ0n) is 16.2. The van der Waals surface area contributed by atoms with Crippen molar-refractivity contribution in [3.05, 3.63) is 59.6 Å². The molecular weight excluding hydrogens is 384 g/mol. The molecule has 1 saturated heterocycles. The van der Waals surface area contributed by atoms with Crippen LogP contribution in [0, 0.1) is 0 Å². The van der Waals surface area contributed by atoms with Gasteiger partial charge in [-0.05, 0) is 36.4 Å². The molecule has 1 aliphatic rings. The van der Waals surface area contributed by atoms with Crippen LogP contribution in [0.25, 0.3) is 16.3 Å². The number of benzene rings is 1. The molecule has 0 radical (unpaired) electrons. The lowest BCUT2D eigenvalue weighted by Crippen LogP contribution is -2.38. The molecule has 0 bridgehead atoms. The van der Waals surface area contributed by atoms with E-state index in [2.05, 4.69) is 10.4 Å². The van der Waals surface area contributed by atoms with Gasteiger partial charge in [-0.25, -0.2) is 4.68 Å². The molecule has 3 heterocycles. The molecule has 2 amide bonds. The van der Waals surface area contributed by atoms with Crippen molar-refractivity contribution in [2.75, 3.05) is 19.6 Å². The summed E-state index contributed by atoms with van der Waals surface area (Å²) in [6.07, 6.45) is 5.48. The summed E-state index contributed by atoms with van der Waals surface area (Å²) in [6, 6.07) is 13.7. The third-order valence-corrected chi connectivity index (χ3v) is 5.95. The minimum atomic E-state index is -0.169. The third kappa shape index (κ3) is 4.56. The molecular formula is C22H24N4O2S. The van der Waals surface area contributed by atoms with Crippen molar-refractivity contribution >= 4 is 23.2 Å². The molecule has 6 nitrogen and oxygen atoms in total. The van der Waals surface area contributed by atoms with Crippen molar-refractivity contribution in [2.24, 2.45) is 0 Å². The number of amides is 2. The fourth-order valence-corrected chi connectivity index (χ4v) is 4.25. The van der Waals surface area contributed by atoms with Crippen LogP contribution in [0.15, 0.2) is 54.0 Å². The number of nitrogens with zero attached hydrogens (tertiary/aromatic N) is 3. The van der Waals surface area contributed by atoms with Gasteiger partial charge in [0, 0.05) is 32.3 Å². The predicted octanol–water partition coefficient (Wildman–Crippen LogP) is 3.73. The fourth-order valence-electron chi connectivity index (χ4n) is 3.52. The molecule has 1 aliphatic heterocycles. The molecule has 150 valence electrons. The van der Waals surface area contributed by atoms with Crippen molar-refractivity contribution in [3.63, 3.8) is 0 Å². The van der Waals surface area contributed by atoms with Gasteiger partial charge < -0.3 is 10.2 Å². The van der Waals surface area contributed by atoms with Crippen LogP contribution < -0.4 is 5.32 Å². The van der Waals surface area contributed by atoms with E-state index in [-0.39, 0.29) is 11.8 Å². The van der Waals surface area contributed by atoms with Gasteiger partial charge in [0.2, 0.25) is 5.91 Å². The van der Waals surface area contributed by atoms with Gasteiger partial charge in [0.1, 0.15) is 5.69 Å². The van der Waals surface area contributed by atoms with Crippen LogP contribution >= 0.6 is 11.3 Å². The zero-order chi connectivity index (χ0) is 20.1. The van der Waals surface area contributed by atoms with E-state index in [1.807, 2.05) is 52.7 Å². The summed E-state index contributed by atoms with van der Waals surface area (Å²) in [6.45, 7) is 1.76. The van der Waals surface area contributed by atoms with E-state index >= 15 is 0 Å². The lowest BCUT2D eigenvalue weighted by Gasteiger charge is -2.20. The van der Waals surface area contributed by atoms with Crippen LogP contribution in [0.4, 0.5) is 0 Å². The number of aromatic nitrogens is 2. The molecule has 2 aromatic heterocycles. The number of hydrogen-bond donors (Lipinski definition) is 1. The van der Waals surface area contributed by atoms with Crippen molar-refractivity contribution in [2.45, 2.75) is 25.7 Å². The topological polar surface area (TPSA) is 67.2 Å². The summed E-state index contributed by atoms with van der Waals surface area (Å²) in [7, 11) is 0. The molecule has 1 aromatic carbocycles. The highest BCUT2D eigenvalue weighted by Gasteiger charge is 2.20. The number of para-hydroxylation sites is 1. The standard InChI is InChI=1S/C22H24N4O2S/c27-20-11-5-2-6-13-25(20)14-12-23-22(28)18-16-26(17-8-3-1-4-9-17)24-21(18)19-10-7-15-29-19/h1,3-4,7-10,15-16H,2,5-6,11-14H2,(H,23,28). The Bertz CT molecular complexity index is 966. The van der Waals surface area contributed by atoms with Crippen LogP contribution in [0.5, 0.6) is 0 Å². The number of likely N-dealkylation sites (tertiary alicyclic amines) is 1. The lowest BCUT2D eigenvalue weighted by atomic mass is 10.2. The molecule has 4 rings (SSSR count). The molecule has 0 saturated carbocycles. The molecule has 1 N–H and O–H groups in total. The summed E-state index contributed by atoms with van der Waals surface area (Å²) in [5.74, 6) is 0.0192. The highest BCUT2D eigenvalue weighted by Crippen LogP contribution is 2.27. The number of carbonyl (C=O) groups is 2. The molecule has 3 aromatic rings. The maximum Gasteiger partial charge on any atom is 0.255 e. The molecule has 0 aliphatic carbocycles. The first kappa shape index (κ1) is 19.4. The number of rotatable bonds is 6. The maximum absolute atomic E-state index is 12.9. The van der Waals surface area contributed by atoms with Crippen molar-refractivity contribution in [1.29, 1.82) is 0 Å². The SMILES string of the molecule is O=C(NCCN1CCCCCC1=O)c1cn(-c2ccccc2)nc1-c1cccs1. The van der Waals surface area contributed by atoms with Crippen molar-refractivity contribution < 1.29 is 9.59 Å². The largest absolute Gasteiger partial charge is 0.350 e. The van der Waals surface area contributed by atoms with E-state index in [0.29, 0.717) is 30.8 Å². The Morgan fingerprint density at radius 3 is 2.76 bits per heavy atom. The van der Waals surface area contributed by atoms with Gasteiger partial charge in [0.15, 0.2) is 0 Å². The molecule has 29 heavy (non-hydrogen) atoms. The molecule has 1 fully saturated rings. The van der Waals surface area contributed by atoms with Gasteiger partial charge in [-0.15, -0.1) is 11.3 Å².